The van der Waals surface area contributed by atoms with Crippen molar-refractivity contribution in [1.82, 2.24) is 5.32 Å². The lowest BCUT2D eigenvalue weighted by atomic mass is 10.3. The van der Waals surface area contributed by atoms with E-state index in [2.05, 4.69) is 11.2 Å². The van der Waals surface area contributed by atoms with Crippen LogP contribution in [0.25, 0.3) is 0 Å². The summed E-state index contributed by atoms with van der Waals surface area (Å²) in [7, 11) is 0. The minimum absolute atomic E-state index is 0.0879. The summed E-state index contributed by atoms with van der Waals surface area (Å²) in [6.45, 7) is 1.18. The minimum Gasteiger partial charge on any atom is -0.474 e. The van der Waals surface area contributed by atoms with E-state index >= 15 is 0 Å². The highest BCUT2D eigenvalue weighted by Gasteiger charge is 2.16. The first-order chi connectivity index (χ1) is 8.58. The summed E-state index contributed by atoms with van der Waals surface area (Å²) in [6.07, 6.45) is 5.17. The second-order valence-electron chi connectivity index (χ2n) is 3.41. The average molecular weight is 251 g/mol. The number of aliphatic hydroxyl groups is 1. The molecule has 0 saturated heterocycles. The number of aliphatic hydroxyl groups excluding tert-OH is 1. The molecular formula is C12H13NO5. The lowest BCUT2D eigenvalue weighted by Crippen LogP contribution is -2.37. The third-order valence-corrected chi connectivity index (χ3v) is 2.05. The van der Waals surface area contributed by atoms with E-state index < -0.39 is 17.4 Å². The molecule has 2 N–H and O–H groups in total. The third-order valence-electron chi connectivity index (χ3n) is 2.05. The van der Waals surface area contributed by atoms with E-state index in [1.807, 2.05) is 0 Å². The molecule has 0 saturated carbocycles. The molecule has 96 valence electrons. The highest BCUT2D eigenvalue weighted by molar-refractivity contribution is 5.80. The molecule has 1 amide bonds. The maximum Gasteiger partial charge on any atom is 0.261 e. The molecule has 0 spiro atoms. The van der Waals surface area contributed by atoms with Crippen LogP contribution in [0, 0.1) is 12.3 Å². The van der Waals surface area contributed by atoms with Gasteiger partial charge in [0.1, 0.15) is 18.6 Å². The summed E-state index contributed by atoms with van der Waals surface area (Å²) >= 11 is 0. The highest BCUT2D eigenvalue weighted by atomic mass is 16.5. The van der Waals surface area contributed by atoms with Crippen LogP contribution < -0.4 is 15.5 Å². The standard InChI is InChI=1S/C12H13NO5/c1-3-4-13-12(16)8(2)18-11-7-17-9(6-14)5-10(11)15/h1,5,7-8,14H,4,6H2,2H3,(H,13,16). The molecule has 1 rings (SSSR count). The van der Waals surface area contributed by atoms with Gasteiger partial charge in [0.2, 0.25) is 11.2 Å². The number of nitrogens with one attached hydrogen (secondary N) is 1. The first-order valence-corrected chi connectivity index (χ1v) is 5.19. The number of carbonyl (C=O) groups excluding carboxylic acids is 1. The van der Waals surface area contributed by atoms with E-state index in [1.165, 1.54) is 6.92 Å². The van der Waals surface area contributed by atoms with E-state index in [9.17, 15) is 9.59 Å². The molecule has 1 heterocycles. The van der Waals surface area contributed by atoms with E-state index in [4.69, 9.17) is 20.7 Å². The van der Waals surface area contributed by atoms with Crippen LogP contribution in [0.4, 0.5) is 0 Å². The number of amides is 1. The van der Waals surface area contributed by atoms with Crippen molar-refractivity contribution in [3.05, 3.63) is 28.3 Å². The quantitative estimate of drug-likeness (QED) is 0.698. The predicted molar refractivity (Wildman–Crippen MR) is 62.8 cm³/mol. The second-order valence-corrected chi connectivity index (χ2v) is 3.41. The molecule has 1 aromatic heterocycles. The first kappa shape index (κ1) is 13.8. The van der Waals surface area contributed by atoms with Crippen molar-refractivity contribution in [3.63, 3.8) is 0 Å². The van der Waals surface area contributed by atoms with Gasteiger partial charge in [-0.2, -0.15) is 0 Å². The molecule has 1 atom stereocenters. The maximum absolute atomic E-state index is 11.5. The van der Waals surface area contributed by atoms with E-state index in [1.54, 1.807) is 0 Å². The Morgan fingerprint density at radius 1 is 1.72 bits per heavy atom. The topological polar surface area (TPSA) is 88.8 Å². The Morgan fingerprint density at radius 2 is 2.44 bits per heavy atom. The van der Waals surface area contributed by atoms with Crippen LogP contribution in [-0.2, 0) is 11.4 Å². The zero-order chi connectivity index (χ0) is 13.5. The van der Waals surface area contributed by atoms with Gasteiger partial charge in [0.05, 0.1) is 6.54 Å². The van der Waals surface area contributed by atoms with Gasteiger partial charge in [0, 0.05) is 6.07 Å². The van der Waals surface area contributed by atoms with Gasteiger partial charge in [0.15, 0.2) is 6.10 Å². The number of terminal acetylenes is 1. The normalized spacial score (nSPS) is 11.4. The molecule has 1 aromatic rings. The Labute approximate surface area is 104 Å². The van der Waals surface area contributed by atoms with E-state index in [0.29, 0.717) is 0 Å². The van der Waals surface area contributed by atoms with Crippen LogP contribution in [0.2, 0.25) is 0 Å². The van der Waals surface area contributed by atoms with Crippen molar-refractivity contribution in [2.24, 2.45) is 0 Å². The Morgan fingerprint density at radius 3 is 3.00 bits per heavy atom. The van der Waals surface area contributed by atoms with E-state index in [0.717, 1.165) is 12.3 Å². The molecule has 0 radical (unpaired) electrons. The Bertz CT molecular complexity index is 514. The van der Waals surface area contributed by atoms with Gasteiger partial charge < -0.3 is 19.6 Å². The van der Waals surface area contributed by atoms with Crippen LogP contribution in [0.1, 0.15) is 12.7 Å². The van der Waals surface area contributed by atoms with Gasteiger partial charge in [0.25, 0.3) is 5.91 Å². The molecule has 0 bridgehead atoms. The van der Waals surface area contributed by atoms with Gasteiger partial charge >= 0.3 is 0 Å². The van der Waals surface area contributed by atoms with Crippen LogP contribution >= 0.6 is 0 Å². The van der Waals surface area contributed by atoms with Gasteiger partial charge in [-0.05, 0) is 6.92 Å². The Kier molecular flexibility index (Phi) is 4.96. The van der Waals surface area contributed by atoms with Crippen molar-refractivity contribution in [3.8, 4) is 18.1 Å². The lowest BCUT2D eigenvalue weighted by Gasteiger charge is -2.12. The molecule has 18 heavy (non-hydrogen) atoms. The number of hydrogen-bond acceptors (Lipinski definition) is 5. The zero-order valence-corrected chi connectivity index (χ0v) is 9.80. The fourth-order valence-electron chi connectivity index (χ4n) is 1.13. The molecule has 1 unspecified atom stereocenters. The molecule has 0 fully saturated rings. The third kappa shape index (κ3) is 3.64. The number of carbonyl (C=O) groups is 1. The average Bonchev–Trinajstić information content (AvgIpc) is 2.38. The first-order valence-electron chi connectivity index (χ1n) is 5.19. The predicted octanol–water partition coefficient (Wildman–Crippen LogP) is -0.351. The molecule has 0 aliphatic heterocycles. The summed E-state index contributed by atoms with van der Waals surface area (Å²) in [5, 5.41) is 11.2. The molecular weight excluding hydrogens is 238 g/mol. The van der Waals surface area contributed by atoms with Gasteiger partial charge in [-0.1, -0.05) is 5.92 Å². The zero-order valence-electron chi connectivity index (χ0n) is 9.80. The van der Waals surface area contributed by atoms with Crippen molar-refractivity contribution in [1.29, 1.82) is 0 Å². The van der Waals surface area contributed by atoms with Crippen molar-refractivity contribution >= 4 is 5.91 Å². The summed E-state index contributed by atoms with van der Waals surface area (Å²) < 4.78 is 10.0. The summed E-state index contributed by atoms with van der Waals surface area (Å²) in [6, 6.07) is 1.10. The summed E-state index contributed by atoms with van der Waals surface area (Å²) in [5.41, 5.74) is -0.470. The molecule has 6 nitrogen and oxygen atoms in total. The van der Waals surface area contributed by atoms with Crippen LogP contribution in [-0.4, -0.2) is 23.7 Å². The van der Waals surface area contributed by atoms with Crippen LogP contribution in [0.5, 0.6) is 5.75 Å². The second kappa shape index (κ2) is 6.47. The number of ether oxygens (including phenoxy) is 1. The van der Waals surface area contributed by atoms with Crippen molar-refractivity contribution < 1.29 is 19.1 Å². The van der Waals surface area contributed by atoms with Gasteiger partial charge in [-0.25, -0.2) is 0 Å². The van der Waals surface area contributed by atoms with E-state index in [-0.39, 0.29) is 24.7 Å². The molecule has 0 aliphatic rings. The lowest BCUT2D eigenvalue weighted by molar-refractivity contribution is -0.127. The summed E-state index contributed by atoms with van der Waals surface area (Å²) in [5.74, 6) is 1.84. The monoisotopic (exact) mass is 251 g/mol. The van der Waals surface area contributed by atoms with Crippen molar-refractivity contribution in [2.45, 2.75) is 19.6 Å². The maximum atomic E-state index is 11.5. The van der Waals surface area contributed by atoms with Gasteiger partial charge in [-0.15, -0.1) is 6.42 Å². The van der Waals surface area contributed by atoms with Crippen LogP contribution in [0.3, 0.4) is 0 Å². The largest absolute Gasteiger partial charge is 0.474 e. The fraction of sp³-hybridized carbons (Fsp3) is 0.333. The van der Waals surface area contributed by atoms with Gasteiger partial charge in [-0.3, -0.25) is 9.59 Å². The van der Waals surface area contributed by atoms with Crippen LogP contribution in [0.15, 0.2) is 21.5 Å². The summed E-state index contributed by atoms with van der Waals surface area (Å²) in [4.78, 5) is 22.9. The minimum atomic E-state index is -0.874. The number of hydrogen-bond donors (Lipinski definition) is 2. The smallest absolute Gasteiger partial charge is 0.261 e. The molecule has 0 aliphatic carbocycles. The SMILES string of the molecule is C#CCNC(=O)C(C)Oc1coc(CO)cc1=O. The molecule has 6 heteroatoms. The van der Waals surface area contributed by atoms with Crippen molar-refractivity contribution in [2.75, 3.05) is 6.54 Å². The Hall–Kier alpha value is -2.26. The Balaban J connectivity index is 2.70. The highest BCUT2D eigenvalue weighted by Crippen LogP contribution is 2.08. The number of rotatable bonds is 5. The fourth-order valence-corrected chi connectivity index (χ4v) is 1.13. The molecule has 0 aromatic carbocycles.